The second-order valence-corrected chi connectivity index (χ2v) is 4.20. The van der Waals surface area contributed by atoms with E-state index in [1.807, 2.05) is 20.8 Å². The molecule has 0 bridgehead atoms. The monoisotopic (exact) mass is 209 g/mol. The van der Waals surface area contributed by atoms with Crippen molar-refractivity contribution < 1.29 is 9.18 Å². The molecule has 0 heterocycles. The van der Waals surface area contributed by atoms with Crippen LogP contribution in [0, 0.1) is 11.2 Å². The van der Waals surface area contributed by atoms with Gasteiger partial charge in [0.1, 0.15) is 5.82 Å². The molecule has 3 heteroatoms. The Morgan fingerprint density at radius 3 is 2.33 bits per heavy atom. The van der Waals surface area contributed by atoms with Crippen LogP contribution in [0.1, 0.15) is 27.2 Å². The van der Waals surface area contributed by atoms with Gasteiger partial charge in [-0.15, -0.1) is 0 Å². The van der Waals surface area contributed by atoms with Crippen molar-refractivity contribution in [1.82, 2.24) is 0 Å². The molecule has 1 aromatic rings. The third-order valence-electron chi connectivity index (χ3n) is 2.60. The Kier molecular flexibility index (Phi) is 3.45. The van der Waals surface area contributed by atoms with Gasteiger partial charge in [0.15, 0.2) is 0 Å². The molecule has 0 saturated heterocycles. The molecule has 0 saturated carbocycles. The number of hydrogen-bond donors (Lipinski definition) is 1. The lowest BCUT2D eigenvalue weighted by atomic mass is 9.89. The third-order valence-corrected chi connectivity index (χ3v) is 2.60. The van der Waals surface area contributed by atoms with Crippen molar-refractivity contribution in [1.29, 1.82) is 0 Å². The standard InChI is InChI=1S/C12H16FNO/c1-4-12(2,3)11(15)14-10-7-5-9(13)6-8-10/h5-8H,4H2,1-3H3,(H,14,15). The summed E-state index contributed by atoms with van der Waals surface area (Å²) in [6.45, 7) is 5.72. The van der Waals surface area contributed by atoms with Crippen molar-refractivity contribution in [3.63, 3.8) is 0 Å². The van der Waals surface area contributed by atoms with E-state index in [0.717, 1.165) is 6.42 Å². The summed E-state index contributed by atoms with van der Waals surface area (Å²) in [7, 11) is 0. The Labute approximate surface area is 89.5 Å². The van der Waals surface area contributed by atoms with Gasteiger partial charge in [0.25, 0.3) is 0 Å². The molecular formula is C12H16FNO. The Hall–Kier alpha value is -1.38. The van der Waals surface area contributed by atoms with Gasteiger partial charge in [0.2, 0.25) is 5.91 Å². The summed E-state index contributed by atoms with van der Waals surface area (Å²) in [5.74, 6) is -0.348. The molecule has 0 aromatic heterocycles. The number of carbonyl (C=O) groups excluding carboxylic acids is 1. The van der Waals surface area contributed by atoms with Gasteiger partial charge in [-0.25, -0.2) is 4.39 Å². The molecule has 0 aliphatic heterocycles. The van der Waals surface area contributed by atoms with Crippen LogP contribution in [0.3, 0.4) is 0 Å². The van der Waals surface area contributed by atoms with Gasteiger partial charge in [0.05, 0.1) is 0 Å². The van der Waals surface area contributed by atoms with Gasteiger partial charge in [0, 0.05) is 11.1 Å². The van der Waals surface area contributed by atoms with Crippen LogP contribution in [0.15, 0.2) is 24.3 Å². The van der Waals surface area contributed by atoms with Crippen molar-refractivity contribution in [2.45, 2.75) is 27.2 Å². The predicted octanol–water partition coefficient (Wildman–Crippen LogP) is 3.20. The Morgan fingerprint density at radius 1 is 1.33 bits per heavy atom. The number of amides is 1. The molecule has 0 aliphatic carbocycles. The normalized spacial score (nSPS) is 11.2. The van der Waals surface area contributed by atoms with E-state index in [2.05, 4.69) is 5.32 Å². The van der Waals surface area contributed by atoms with E-state index in [1.165, 1.54) is 12.1 Å². The molecule has 1 aromatic carbocycles. The number of nitrogens with one attached hydrogen (secondary N) is 1. The molecule has 82 valence electrons. The lowest BCUT2D eigenvalue weighted by Crippen LogP contribution is -2.29. The van der Waals surface area contributed by atoms with Crippen LogP contribution in [0.5, 0.6) is 0 Å². The van der Waals surface area contributed by atoms with Crippen molar-refractivity contribution in [3.8, 4) is 0 Å². The highest BCUT2D eigenvalue weighted by Crippen LogP contribution is 2.22. The van der Waals surface area contributed by atoms with E-state index in [4.69, 9.17) is 0 Å². The topological polar surface area (TPSA) is 29.1 Å². The van der Waals surface area contributed by atoms with Gasteiger partial charge < -0.3 is 5.32 Å². The summed E-state index contributed by atoms with van der Waals surface area (Å²) in [6, 6.07) is 5.76. The van der Waals surface area contributed by atoms with E-state index >= 15 is 0 Å². The van der Waals surface area contributed by atoms with Crippen LogP contribution >= 0.6 is 0 Å². The van der Waals surface area contributed by atoms with Crippen LogP contribution in [-0.4, -0.2) is 5.91 Å². The van der Waals surface area contributed by atoms with E-state index in [9.17, 15) is 9.18 Å². The van der Waals surface area contributed by atoms with Crippen LogP contribution in [0.25, 0.3) is 0 Å². The summed E-state index contributed by atoms with van der Waals surface area (Å²) in [5, 5.41) is 2.75. The van der Waals surface area contributed by atoms with Crippen LogP contribution in [0.4, 0.5) is 10.1 Å². The molecule has 1 rings (SSSR count). The molecular weight excluding hydrogens is 193 g/mol. The average Bonchev–Trinajstić information content (AvgIpc) is 2.21. The lowest BCUT2D eigenvalue weighted by Gasteiger charge is -2.21. The summed E-state index contributed by atoms with van der Waals surface area (Å²) < 4.78 is 12.6. The zero-order chi connectivity index (χ0) is 11.5. The molecule has 0 radical (unpaired) electrons. The molecule has 2 nitrogen and oxygen atoms in total. The first kappa shape index (κ1) is 11.7. The SMILES string of the molecule is CCC(C)(C)C(=O)Nc1ccc(F)cc1. The number of rotatable bonds is 3. The first-order valence-electron chi connectivity index (χ1n) is 5.03. The molecule has 0 fully saturated rings. The molecule has 1 amide bonds. The molecule has 1 N–H and O–H groups in total. The third kappa shape index (κ3) is 3.05. The number of hydrogen-bond acceptors (Lipinski definition) is 1. The minimum Gasteiger partial charge on any atom is -0.326 e. The Bertz CT molecular complexity index is 343. The summed E-state index contributed by atoms with van der Waals surface area (Å²) in [4.78, 5) is 11.7. The fraction of sp³-hybridized carbons (Fsp3) is 0.417. The maximum absolute atomic E-state index is 12.6. The van der Waals surface area contributed by atoms with E-state index in [1.54, 1.807) is 12.1 Å². The first-order valence-corrected chi connectivity index (χ1v) is 5.03. The molecule has 0 unspecified atom stereocenters. The molecule has 15 heavy (non-hydrogen) atoms. The minimum absolute atomic E-state index is 0.0448. The average molecular weight is 209 g/mol. The molecule has 0 spiro atoms. The van der Waals surface area contributed by atoms with Gasteiger partial charge in [-0.3, -0.25) is 4.79 Å². The zero-order valence-electron chi connectivity index (χ0n) is 9.30. The van der Waals surface area contributed by atoms with Crippen LogP contribution < -0.4 is 5.32 Å². The highest BCUT2D eigenvalue weighted by molar-refractivity contribution is 5.94. The number of anilines is 1. The van der Waals surface area contributed by atoms with E-state index in [0.29, 0.717) is 5.69 Å². The highest BCUT2D eigenvalue weighted by atomic mass is 19.1. The highest BCUT2D eigenvalue weighted by Gasteiger charge is 2.24. The Balaban J connectivity index is 2.71. The maximum Gasteiger partial charge on any atom is 0.230 e. The van der Waals surface area contributed by atoms with Crippen LogP contribution in [-0.2, 0) is 4.79 Å². The second-order valence-electron chi connectivity index (χ2n) is 4.20. The number of halogens is 1. The molecule has 0 atom stereocenters. The van der Waals surface area contributed by atoms with Crippen molar-refractivity contribution in [2.75, 3.05) is 5.32 Å². The largest absolute Gasteiger partial charge is 0.326 e. The quantitative estimate of drug-likeness (QED) is 0.813. The number of carbonyl (C=O) groups is 1. The fourth-order valence-electron chi connectivity index (χ4n) is 0.994. The van der Waals surface area contributed by atoms with Crippen molar-refractivity contribution in [2.24, 2.45) is 5.41 Å². The van der Waals surface area contributed by atoms with Crippen LogP contribution in [0.2, 0.25) is 0 Å². The fourth-order valence-corrected chi connectivity index (χ4v) is 0.994. The molecule has 0 aliphatic rings. The second kappa shape index (κ2) is 4.43. The van der Waals surface area contributed by atoms with Gasteiger partial charge in [-0.1, -0.05) is 20.8 Å². The summed E-state index contributed by atoms with van der Waals surface area (Å²) in [5.41, 5.74) is 0.233. The van der Waals surface area contributed by atoms with Crippen molar-refractivity contribution >= 4 is 11.6 Å². The van der Waals surface area contributed by atoms with Crippen molar-refractivity contribution in [3.05, 3.63) is 30.1 Å². The maximum atomic E-state index is 12.6. The van der Waals surface area contributed by atoms with E-state index in [-0.39, 0.29) is 11.7 Å². The minimum atomic E-state index is -0.394. The summed E-state index contributed by atoms with van der Waals surface area (Å²) >= 11 is 0. The smallest absolute Gasteiger partial charge is 0.230 e. The first-order chi connectivity index (χ1) is 6.95. The van der Waals surface area contributed by atoms with Gasteiger partial charge in [-0.2, -0.15) is 0 Å². The Morgan fingerprint density at radius 2 is 1.87 bits per heavy atom. The van der Waals surface area contributed by atoms with E-state index < -0.39 is 5.41 Å². The van der Waals surface area contributed by atoms with Gasteiger partial charge >= 0.3 is 0 Å². The lowest BCUT2D eigenvalue weighted by molar-refractivity contribution is -0.124. The summed E-state index contributed by atoms with van der Waals surface area (Å²) in [6.07, 6.45) is 0.764. The van der Waals surface area contributed by atoms with Gasteiger partial charge in [-0.05, 0) is 30.7 Å². The predicted molar refractivity (Wildman–Crippen MR) is 59.1 cm³/mol. The number of benzene rings is 1. The zero-order valence-corrected chi connectivity index (χ0v) is 9.30.